The van der Waals surface area contributed by atoms with Crippen LogP contribution in [0.3, 0.4) is 0 Å². The van der Waals surface area contributed by atoms with Gasteiger partial charge in [-0.2, -0.15) is 14.9 Å². The third kappa shape index (κ3) is 2.79. The van der Waals surface area contributed by atoms with Gasteiger partial charge in [0.2, 0.25) is 4.77 Å². The Labute approximate surface area is 111 Å². The van der Waals surface area contributed by atoms with Crippen molar-refractivity contribution in [3.8, 4) is 0 Å². The van der Waals surface area contributed by atoms with Gasteiger partial charge in [-0.1, -0.05) is 6.07 Å². The maximum Gasteiger partial charge on any atom is 0.296 e. The fourth-order valence-electron chi connectivity index (χ4n) is 1.29. The SMILES string of the molecule is Cc1n[nH]c(=S)n(/N=C/c2ccc(F)c(F)c2)c1=O. The maximum absolute atomic E-state index is 13.0. The minimum absolute atomic E-state index is 0.00873. The molecule has 0 unspecified atom stereocenters. The quantitative estimate of drug-likeness (QED) is 0.674. The van der Waals surface area contributed by atoms with Crippen molar-refractivity contribution in [2.24, 2.45) is 5.10 Å². The Morgan fingerprint density at radius 1 is 1.42 bits per heavy atom. The number of aromatic amines is 1. The third-order valence-electron chi connectivity index (χ3n) is 2.28. The van der Waals surface area contributed by atoms with Crippen LogP contribution in [0.5, 0.6) is 0 Å². The highest BCUT2D eigenvalue weighted by Crippen LogP contribution is 2.06. The van der Waals surface area contributed by atoms with Crippen molar-refractivity contribution in [1.29, 1.82) is 0 Å². The molecule has 2 rings (SSSR count). The molecule has 0 aliphatic carbocycles. The fraction of sp³-hybridized carbons (Fsp3) is 0.0909. The number of benzene rings is 1. The van der Waals surface area contributed by atoms with Crippen LogP contribution in [0.4, 0.5) is 8.78 Å². The molecule has 0 atom stereocenters. The van der Waals surface area contributed by atoms with E-state index in [1.165, 1.54) is 19.2 Å². The maximum atomic E-state index is 13.0. The van der Waals surface area contributed by atoms with Crippen molar-refractivity contribution < 1.29 is 8.78 Å². The highest BCUT2D eigenvalue weighted by Gasteiger charge is 2.03. The molecule has 1 aromatic carbocycles. The Balaban J connectivity index is 2.43. The zero-order valence-corrected chi connectivity index (χ0v) is 10.5. The van der Waals surface area contributed by atoms with Crippen molar-refractivity contribution in [3.63, 3.8) is 0 Å². The van der Waals surface area contributed by atoms with Crippen LogP contribution in [0.25, 0.3) is 0 Å². The molecule has 0 spiro atoms. The summed E-state index contributed by atoms with van der Waals surface area (Å²) in [5.74, 6) is -1.95. The van der Waals surface area contributed by atoms with Crippen LogP contribution >= 0.6 is 12.2 Å². The summed E-state index contributed by atoms with van der Waals surface area (Å²) >= 11 is 4.86. The number of nitrogens with zero attached hydrogens (tertiary/aromatic N) is 3. The van der Waals surface area contributed by atoms with Gasteiger partial charge in [-0.15, -0.1) is 0 Å². The summed E-state index contributed by atoms with van der Waals surface area (Å²) in [7, 11) is 0. The van der Waals surface area contributed by atoms with Crippen LogP contribution in [0.2, 0.25) is 0 Å². The molecule has 8 heteroatoms. The topological polar surface area (TPSA) is 63.0 Å². The fourth-order valence-corrected chi connectivity index (χ4v) is 1.47. The molecule has 5 nitrogen and oxygen atoms in total. The van der Waals surface area contributed by atoms with Gasteiger partial charge in [0.05, 0.1) is 6.21 Å². The lowest BCUT2D eigenvalue weighted by Gasteiger charge is -1.99. The third-order valence-corrected chi connectivity index (χ3v) is 2.54. The van der Waals surface area contributed by atoms with Crippen molar-refractivity contribution in [1.82, 2.24) is 14.9 Å². The molecule has 0 aliphatic heterocycles. The first-order chi connectivity index (χ1) is 8.99. The van der Waals surface area contributed by atoms with E-state index < -0.39 is 17.2 Å². The Morgan fingerprint density at radius 2 is 2.16 bits per heavy atom. The molecule has 19 heavy (non-hydrogen) atoms. The summed E-state index contributed by atoms with van der Waals surface area (Å²) in [6.07, 6.45) is 1.20. The van der Waals surface area contributed by atoms with Gasteiger partial charge in [-0.3, -0.25) is 9.89 Å². The van der Waals surface area contributed by atoms with E-state index in [9.17, 15) is 13.6 Å². The lowest BCUT2D eigenvalue weighted by molar-refractivity contribution is 0.508. The second-order valence-electron chi connectivity index (χ2n) is 3.65. The van der Waals surface area contributed by atoms with Crippen LogP contribution < -0.4 is 5.56 Å². The molecule has 0 aliphatic rings. The van der Waals surface area contributed by atoms with Crippen LogP contribution in [-0.4, -0.2) is 21.1 Å². The van der Waals surface area contributed by atoms with E-state index in [0.29, 0.717) is 5.56 Å². The summed E-state index contributed by atoms with van der Waals surface area (Å²) in [6, 6.07) is 3.26. The molecular formula is C11H8F2N4OS. The summed E-state index contributed by atoms with van der Waals surface area (Å²) < 4.78 is 26.6. The van der Waals surface area contributed by atoms with Crippen molar-refractivity contribution in [3.05, 3.63) is 56.2 Å². The van der Waals surface area contributed by atoms with E-state index in [1.807, 2.05) is 0 Å². The van der Waals surface area contributed by atoms with Crippen LogP contribution in [0.15, 0.2) is 28.1 Å². The number of rotatable bonds is 2. The standard InChI is InChI=1S/C11H8F2N4OS/c1-6-10(18)17(11(19)16-15-6)14-5-7-2-3-8(12)9(13)4-7/h2-5H,1H3,(H,16,19)/b14-5+. The molecule has 1 aromatic heterocycles. The Kier molecular flexibility index (Phi) is 3.61. The average Bonchev–Trinajstić information content (AvgIpc) is 2.38. The Hall–Kier alpha value is -2.22. The lowest BCUT2D eigenvalue weighted by Crippen LogP contribution is -2.22. The van der Waals surface area contributed by atoms with Gasteiger partial charge in [0, 0.05) is 0 Å². The molecule has 0 bridgehead atoms. The molecule has 0 fully saturated rings. The molecule has 0 saturated heterocycles. The second kappa shape index (κ2) is 5.19. The predicted octanol–water partition coefficient (Wildman–Crippen LogP) is 1.77. The lowest BCUT2D eigenvalue weighted by atomic mass is 10.2. The first kappa shape index (κ1) is 13.2. The van der Waals surface area contributed by atoms with Gasteiger partial charge in [0.1, 0.15) is 5.69 Å². The van der Waals surface area contributed by atoms with E-state index >= 15 is 0 Å². The van der Waals surface area contributed by atoms with Gasteiger partial charge in [0.15, 0.2) is 11.6 Å². The largest absolute Gasteiger partial charge is 0.296 e. The van der Waals surface area contributed by atoms with E-state index in [-0.39, 0.29) is 10.5 Å². The van der Waals surface area contributed by atoms with Gasteiger partial charge in [0.25, 0.3) is 5.56 Å². The summed E-state index contributed by atoms with van der Waals surface area (Å²) in [4.78, 5) is 11.7. The minimum atomic E-state index is -0.993. The van der Waals surface area contributed by atoms with Gasteiger partial charge < -0.3 is 0 Å². The van der Waals surface area contributed by atoms with Gasteiger partial charge >= 0.3 is 0 Å². The number of aryl methyl sites for hydroxylation is 1. The van der Waals surface area contributed by atoms with Crippen LogP contribution in [0, 0.1) is 23.3 Å². The van der Waals surface area contributed by atoms with E-state index in [1.54, 1.807) is 0 Å². The highest BCUT2D eigenvalue weighted by molar-refractivity contribution is 7.71. The summed E-state index contributed by atoms with van der Waals surface area (Å²) in [5, 5.41) is 9.94. The van der Waals surface area contributed by atoms with Crippen LogP contribution in [0.1, 0.15) is 11.3 Å². The van der Waals surface area contributed by atoms with Crippen molar-refractivity contribution >= 4 is 18.4 Å². The second-order valence-corrected chi connectivity index (χ2v) is 4.04. The number of hydrogen-bond donors (Lipinski definition) is 1. The number of nitrogens with one attached hydrogen (secondary N) is 1. The van der Waals surface area contributed by atoms with Gasteiger partial charge in [-0.05, 0) is 36.8 Å². The van der Waals surface area contributed by atoms with E-state index in [2.05, 4.69) is 15.3 Å². The van der Waals surface area contributed by atoms with Crippen molar-refractivity contribution in [2.75, 3.05) is 0 Å². The monoisotopic (exact) mass is 282 g/mol. The number of halogens is 2. The molecule has 0 saturated carbocycles. The number of hydrogen-bond acceptors (Lipinski definition) is 4. The molecule has 2 aromatic rings. The van der Waals surface area contributed by atoms with Gasteiger partial charge in [-0.25, -0.2) is 8.78 Å². The predicted molar refractivity (Wildman–Crippen MR) is 67.8 cm³/mol. The van der Waals surface area contributed by atoms with Crippen LogP contribution in [-0.2, 0) is 0 Å². The Morgan fingerprint density at radius 3 is 2.84 bits per heavy atom. The number of H-pyrrole nitrogens is 1. The Bertz CT molecular complexity index is 766. The first-order valence-corrected chi connectivity index (χ1v) is 5.57. The highest BCUT2D eigenvalue weighted by atomic mass is 32.1. The molecule has 0 radical (unpaired) electrons. The van der Waals surface area contributed by atoms with E-state index in [4.69, 9.17) is 12.2 Å². The summed E-state index contributed by atoms with van der Waals surface area (Å²) in [6.45, 7) is 1.50. The normalized spacial score (nSPS) is 11.1. The number of aromatic nitrogens is 3. The zero-order chi connectivity index (χ0) is 14.0. The van der Waals surface area contributed by atoms with E-state index in [0.717, 1.165) is 16.8 Å². The molecule has 0 amide bonds. The minimum Gasteiger partial charge on any atom is -0.265 e. The smallest absolute Gasteiger partial charge is 0.265 e. The average molecular weight is 282 g/mol. The first-order valence-electron chi connectivity index (χ1n) is 5.17. The van der Waals surface area contributed by atoms with Crippen molar-refractivity contribution in [2.45, 2.75) is 6.92 Å². The zero-order valence-electron chi connectivity index (χ0n) is 9.72. The summed E-state index contributed by atoms with van der Waals surface area (Å²) in [5.41, 5.74) is 0.00767. The molecule has 1 N–H and O–H groups in total. The molecule has 98 valence electrons. The molecule has 1 heterocycles. The molecular weight excluding hydrogens is 274 g/mol.